The Bertz CT molecular complexity index is 486. The average molecular weight is 219 g/mol. The van der Waals surface area contributed by atoms with Crippen molar-refractivity contribution >= 4 is 5.69 Å². The second-order valence-electron chi connectivity index (χ2n) is 3.71. The predicted molar refractivity (Wildman–Crippen MR) is 60.9 cm³/mol. The summed E-state index contributed by atoms with van der Waals surface area (Å²) in [7, 11) is 0. The number of nitrogen functional groups attached to an aromatic ring is 1. The van der Waals surface area contributed by atoms with Gasteiger partial charge in [0.05, 0.1) is 0 Å². The van der Waals surface area contributed by atoms with Crippen molar-refractivity contribution in [3.63, 3.8) is 0 Å². The SMILES string of the molecule is Cc1ccc(N)c(-c2cc(F)ccc2F)c1. The van der Waals surface area contributed by atoms with Crippen molar-refractivity contribution in [2.75, 3.05) is 5.73 Å². The van der Waals surface area contributed by atoms with E-state index >= 15 is 0 Å². The zero-order chi connectivity index (χ0) is 11.7. The fourth-order valence-electron chi connectivity index (χ4n) is 1.61. The first-order chi connectivity index (χ1) is 7.58. The summed E-state index contributed by atoms with van der Waals surface area (Å²) in [4.78, 5) is 0. The van der Waals surface area contributed by atoms with Gasteiger partial charge < -0.3 is 5.73 Å². The van der Waals surface area contributed by atoms with Crippen LogP contribution in [-0.4, -0.2) is 0 Å². The maximum Gasteiger partial charge on any atom is 0.131 e. The van der Waals surface area contributed by atoms with E-state index in [1.165, 1.54) is 0 Å². The summed E-state index contributed by atoms with van der Waals surface area (Å²) in [6.07, 6.45) is 0. The van der Waals surface area contributed by atoms with E-state index in [-0.39, 0.29) is 5.56 Å². The summed E-state index contributed by atoms with van der Waals surface area (Å²) in [6, 6.07) is 8.61. The minimum atomic E-state index is -0.475. The summed E-state index contributed by atoms with van der Waals surface area (Å²) in [5.74, 6) is -0.948. The Morgan fingerprint density at radius 2 is 1.69 bits per heavy atom. The number of anilines is 1. The molecule has 1 nitrogen and oxygen atoms in total. The summed E-state index contributed by atoms with van der Waals surface area (Å²) >= 11 is 0. The molecule has 0 aliphatic rings. The quantitative estimate of drug-likeness (QED) is 0.729. The van der Waals surface area contributed by atoms with Gasteiger partial charge in [-0.05, 0) is 37.3 Å². The number of aryl methyl sites for hydroxylation is 1. The summed E-state index contributed by atoms with van der Waals surface area (Å²) in [5, 5.41) is 0. The molecule has 0 radical (unpaired) electrons. The third-order valence-electron chi connectivity index (χ3n) is 2.43. The van der Waals surface area contributed by atoms with Gasteiger partial charge in [-0.25, -0.2) is 8.78 Å². The molecule has 2 aromatic rings. The van der Waals surface area contributed by atoms with Gasteiger partial charge in [0.25, 0.3) is 0 Å². The lowest BCUT2D eigenvalue weighted by Crippen LogP contribution is -1.93. The minimum absolute atomic E-state index is 0.196. The average Bonchev–Trinajstić information content (AvgIpc) is 2.25. The van der Waals surface area contributed by atoms with Crippen LogP contribution in [-0.2, 0) is 0 Å². The maximum absolute atomic E-state index is 13.5. The molecule has 0 saturated carbocycles. The van der Waals surface area contributed by atoms with Crippen LogP contribution in [0.2, 0.25) is 0 Å². The highest BCUT2D eigenvalue weighted by molar-refractivity contribution is 5.77. The lowest BCUT2D eigenvalue weighted by molar-refractivity contribution is 0.603. The molecule has 16 heavy (non-hydrogen) atoms. The molecule has 0 unspecified atom stereocenters. The lowest BCUT2D eigenvalue weighted by Gasteiger charge is -2.08. The third-order valence-corrected chi connectivity index (χ3v) is 2.43. The molecular weight excluding hydrogens is 208 g/mol. The van der Waals surface area contributed by atoms with Crippen LogP contribution in [0, 0.1) is 18.6 Å². The molecule has 0 atom stereocenters. The maximum atomic E-state index is 13.5. The van der Waals surface area contributed by atoms with Gasteiger partial charge in [0.15, 0.2) is 0 Å². The van der Waals surface area contributed by atoms with Gasteiger partial charge in [-0.15, -0.1) is 0 Å². The Hall–Kier alpha value is -1.90. The lowest BCUT2D eigenvalue weighted by atomic mass is 10.0. The minimum Gasteiger partial charge on any atom is -0.398 e. The smallest absolute Gasteiger partial charge is 0.131 e. The first-order valence-corrected chi connectivity index (χ1v) is 4.89. The Morgan fingerprint density at radius 1 is 0.938 bits per heavy atom. The fraction of sp³-hybridized carbons (Fsp3) is 0.0769. The predicted octanol–water partition coefficient (Wildman–Crippen LogP) is 3.52. The molecule has 2 N–H and O–H groups in total. The van der Waals surface area contributed by atoms with Crippen LogP contribution >= 0.6 is 0 Å². The highest BCUT2D eigenvalue weighted by atomic mass is 19.1. The molecule has 2 rings (SSSR count). The van der Waals surface area contributed by atoms with Gasteiger partial charge >= 0.3 is 0 Å². The first-order valence-electron chi connectivity index (χ1n) is 4.89. The second-order valence-corrected chi connectivity index (χ2v) is 3.71. The standard InChI is InChI=1S/C13H11F2N/c1-8-2-5-13(16)11(6-8)10-7-9(14)3-4-12(10)15/h2-7H,16H2,1H3. The van der Waals surface area contributed by atoms with Crippen molar-refractivity contribution in [2.24, 2.45) is 0 Å². The summed E-state index contributed by atoms with van der Waals surface area (Å²) in [5.41, 5.74) is 7.86. The molecule has 0 aliphatic carbocycles. The Kier molecular flexibility index (Phi) is 2.60. The van der Waals surface area contributed by atoms with Crippen LogP contribution in [0.3, 0.4) is 0 Å². The van der Waals surface area contributed by atoms with Crippen molar-refractivity contribution in [1.29, 1.82) is 0 Å². The van der Waals surface area contributed by atoms with Crippen molar-refractivity contribution in [1.82, 2.24) is 0 Å². The molecule has 0 bridgehead atoms. The number of hydrogen-bond acceptors (Lipinski definition) is 1. The van der Waals surface area contributed by atoms with Crippen LogP contribution in [0.1, 0.15) is 5.56 Å². The van der Waals surface area contributed by atoms with E-state index in [1.54, 1.807) is 12.1 Å². The van der Waals surface area contributed by atoms with Gasteiger partial charge in [-0.3, -0.25) is 0 Å². The van der Waals surface area contributed by atoms with Gasteiger partial charge in [-0.2, -0.15) is 0 Å². The molecule has 0 saturated heterocycles. The van der Waals surface area contributed by atoms with E-state index < -0.39 is 11.6 Å². The van der Waals surface area contributed by atoms with E-state index in [9.17, 15) is 8.78 Å². The number of benzene rings is 2. The fourth-order valence-corrected chi connectivity index (χ4v) is 1.61. The van der Waals surface area contributed by atoms with E-state index in [1.807, 2.05) is 13.0 Å². The van der Waals surface area contributed by atoms with Crippen molar-refractivity contribution in [2.45, 2.75) is 6.92 Å². The topological polar surface area (TPSA) is 26.0 Å². The Morgan fingerprint density at radius 3 is 2.44 bits per heavy atom. The largest absolute Gasteiger partial charge is 0.398 e. The molecule has 0 aliphatic heterocycles. The molecule has 0 fully saturated rings. The molecule has 0 aromatic heterocycles. The van der Waals surface area contributed by atoms with Crippen LogP contribution in [0.4, 0.5) is 14.5 Å². The highest BCUT2D eigenvalue weighted by Gasteiger charge is 2.09. The van der Waals surface area contributed by atoms with Crippen molar-refractivity contribution in [3.8, 4) is 11.1 Å². The molecule has 2 aromatic carbocycles. The normalized spacial score (nSPS) is 10.4. The van der Waals surface area contributed by atoms with Gasteiger partial charge in [-0.1, -0.05) is 11.6 Å². The Labute approximate surface area is 92.5 Å². The monoisotopic (exact) mass is 219 g/mol. The van der Waals surface area contributed by atoms with Crippen molar-refractivity contribution in [3.05, 3.63) is 53.6 Å². The van der Waals surface area contributed by atoms with E-state index in [0.717, 1.165) is 23.8 Å². The van der Waals surface area contributed by atoms with Crippen LogP contribution in [0.25, 0.3) is 11.1 Å². The second kappa shape index (κ2) is 3.93. The van der Waals surface area contributed by atoms with E-state index in [4.69, 9.17) is 5.73 Å². The number of hydrogen-bond donors (Lipinski definition) is 1. The summed E-state index contributed by atoms with van der Waals surface area (Å²) in [6.45, 7) is 1.88. The zero-order valence-electron chi connectivity index (χ0n) is 8.80. The van der Waals surface area contributed by atoms with Crippen LogP contribution in [0.15, 0.2) is 36.4 Å². The Balaban J connectivity index is 2.66. The number of halogens is 2. The zero-order valence-corrected chi connectivity index (χ0v) is 8.80. The van der Waals surface area contributed by atoms with Gasteiger partial charge in [0.1, 0.15) is 11.6 Å². The summed E-state index contributed by atoms with van der Waals surface area (Å²) < 4.78 is 26.6. The highest BCUT2D eigenvalue weighted by Crippen LogP contribution is 2.29. The number of nitrogens with two attached hydrogens (primary N) is 1. The molecule has 0 spiro atoms. The molecule has 3 heteroatoms. The van der Waals surface area contributed by atoms with E-state index in [0.29, 0.717) is 11.3 Å². The third kappa shape index (κ3) is 1.89. The van der Waals surface area contributed by atoms with Gasteiger partial charge in [0.2, 0.25) is 0 Å². The van der Waals surface area contributed by atoms with Crippen molar-refractivity contribution < 1.29 is 8.78 Å². The molecule has 82 valence electrons. The van der Waals surface area contributed by atoms with Crippen LogP contribution < -0.4 is 5.73 Å². The van der Waals surface area contributed by atoms with Gasteiger partial charge in [0, 0.05) is 16.8 Å². The molecule has 0 heterocycles. The van der Waals surface area contributed by atoms with Crippen LogP contribution in [0.5, 0.6) is 0 Å². The van der Waals surface area contributed by atoms with E-state index in [2.05, 4.69) is 0 Å². The molecule has 0 amide bonds. The first kappa shape index (κ1) is 10.6. The molecular formula is C13H11F2N. The number of rotatable bonds is 1.